The van der Waals surface area contributed by atoms with E-state index in [0.717, 1.165) is 16.7 Å². The molecule has 1 heterocycles. The molecule has 0 spiro atoms. The molecule has 0 radical (unpaired) electrons. The summed E-state index contributed by atoms with van der Waals surface area (Å²) in [5, 5.41) is 20.4. The van der Waals surface area contributed by atoms with Crippen molar-refractivity contribution in [2.24, 2.45) is 0 Å². The standard InChI is InChI=1S/C19H17IN4O4/c1-10-4-11(2)12(3)17(5-10)28-15-7-13(6-14(8-15)24(26)27)22-19(25)18-16(20)9-21-23-18/h4-9H,1-3H3,(H,21,23)(H,22,25). The maximum atomic E-state index is 12.4. The first-order valence-corrected chi connectivity index (χ1v) is 9.38. The zero-order valence-electron chi connectivity index (χ0n) is 15.4. The lowest BCUT2D eigenvalue weighted by Gasteiger charge is -2.13. The summed E-state index contributed by atoms with van der Waals surface area (Å²) in [5.74, 6) is 0.422. The van der Waals surface area contributed by atoms with Gasteiger partial charge in [-0.3, -0.25) is 20.0 Å². The Balaban J connectivity index is 1.95. The maximum absolute atomic E-state index is 12.4. The second kappa shape index (κ2) is 7.97. The van der Waals surface area contributed by atoms with E-state index in [1.807, 2.05) is 55.5 Å². The molecule has 0 aliphatic heterocycles. The SMILES string of the molecule is Cc1cc(C)c(C)c(Oc2cc(NC(=O)c3[nH]ncc3I)cc([N+](=O)[O-])c2)c1. The average Bonchev–Trinajstić information content (AvgIpc) is 3.05. The van der Waals surface area contributed by atoms with Crippen molar-refractivity contribution in [2.45, 2.75) is 20.8 Å². The Kier molecular flexibility index (Phi) is 5.63. The van der Waals surface area contributed by atoms with Gasteiger partial charge in [0, 0.05) is 12.1 Å². The van der Waals surface area contributed by atoms with Crippen LogP contribution in [0.5, 0.6) is 11.5 Å². The molecule has 0 bridgehead atoms. The summed E-state index contributed by atoms with van der Waals surface area (Å²) in [6, 6.07) is 8.06. The van der Waals surface area contributed by atoms with E-state index in [4.69, 9.17) is 4.74 Å². The number of rotatable bonds is 5. The molecular formula is C19H17IN4O4. The van der Waals surface area contributed by atoms with Crippen LogP contribution in [-0.2, 0) is 0 Å². The van der Waals surface area contributed by atoms with Crippen molar-refractivity contribution in [1.29, 1.82) is 0 Å². The van der Waals surface area contributed by atoms with Gasteiger partial charge in [0.15, 0.2) is 0 Å². The number of nitrogens with zero attached hydrogens (tertiary/aromatic N) is 2. The highest BCUT2D eigenvalue weighted by Gasteiger charge is 2.17. The number of aryl methyl sites for hydroxylation is 2. The number of nitrogens with one attached hydrogen (secondary N) is 2. The molecule has 2 aromatic carbocycles. The Morgan fingerprint density at radius 2 is 1.96 bits per heavy atom. The second-order valence-electron chi connectivity index (χ2n) is 6.33. The second-order valence-corrected chi connectivity index (χ2v) is 7.49. The molecule has 0 aliphatic carbocycles. The van der Waals surface area contributed by atoms with Crippen molar-refractivity contribution in [3.05, 3.63) is 72.6 Å². The first-order chi connectivity index (χ1) is 13.2. The lowest BCUT2D eigenvalue weighted by Crippen LogP contribution is -2.14. The molecule has 0 aliphatic rings. The number of hydrogen-bond acceptors (Lipinski definition) is 5. The first kappa shape index (κ1) is 19.8. The smallest absolute Gasteiger partial charge is 0.275 e. The number of aromatic amines is 1. The zero-order valence-corrected chi connectivity index (χ0v) is 17.5. The minimum atomic E-state index is -0.531. The van der Waals surface area contributed by atoms with Crippen molar-refractivity contribution in [3.8, 4) is 11.5 Å². The molecule has 3 rings (SSSR count). The van der Waals surface area contributed by atoms with Crippen LogP contribution >= 0.6 is 22.6 Å². The van der Waals surface area contributed by atoms with Crippen LogP contribution in [0, 0.1) is 34.5 Å². The fourth-order valence-corrected chi connectivity index (χ4v) is 3.18. The highest BCUT2D eigenvalue weighted by molar-refractivity contribution is 14.1. The molecule has 1 aromatic heterocycles. The summed E-state index contributed by atoms with van der Waals surface area (Å²) >= 11 is 1.97. The number of benzene rings is 2. The van der Waals surface area contributed by atoms with Gasteiger partial charge in [-0.05, 0) is 66.1 Å². The number of anilines is 1. The Morgan fingerprint density at radius 3 is 2.61 bits per heavy atom. The van der Waals surface area contributed by atoms with Gasteiger partial charge in [-0.15, -0.1) is 0 Å². The van der Waals surface area contributed by atoms with Crippen molar-refractivity contribution < 1.29 is 14.5 Å². The summed E-state index contributed by atoms with van der Waals surface area (Å²) in [7, 11) is 0. The number of aromatic nitrogens is 2. The number of non-ortho nitro benzene ring substituents is 1. The van der Waals surface area contributed by atoms with Crippen molar-refractivity contribution >= 4 is 39.9 Å². The third-order valence-electron chi connectivity index (χ3n) is 4.17. The summed E-state index contributed by atoms with van der Waals surface area (Å²) in [6.07, 6.45) is 1.51. The topological polar surface area (TPSA) is 110 Å². The highest BCUT2D eigenvalue weighted by Crippen LogP contribution is 2.33. The lowest BCUT2D eigenvalue weighted by molar-refractivity contribution is -0.384. The molecule has 28 heavy (non-hydrogen) atoms. The predicted molar refractivity (Wildman–Crippen MR) is 113 cm³/mol. The number of carbonyl (C=O) groups excluding carboxylic acids is 1. The van der Waals surface area contributed by atoms with E-state index in [1.54, 1.807) is 6.07 Å². The summed E-state index contributed by atoms with van der Waals surface area (Å²) in [5.41, 5.74) is 3.36. The van der Waals surface area contributed by atoms with Crippen LogP contribution in [0.25, 0.3) is 0 Å². The Labute approximate surface area is 174 Å². The number of ether oxygens (including phenoxy) is 1. The summed E-state index contributed by atoms with van der Waals surface area (Å²) in [4.78, 5) is 23.2. The molecule has 0 atom stereocenters. The molecule has 0 fully saturated rings. The molecule has 0 unspecified atom stereocenters. The number of hydrogen-bond donors (Lipinski definition) is 2. The van der Waals surface area contributed by atoms with Gasteiger partial charge >= 0.3 is 0 Å². The van der Waals surface area contributed by atoms with Crippen LogP contribution in [0.1, 0.15) is 27.2 Å². The molecular weight excluding hydrogens is 475 g/mol. The van der Waals surface area contributed by atoms with Gasteiger partial charge in [0.25, 0.3) is 11.6 Å². The van der Waals surface area contributed by atoms with Crippen LogP contribution in [0.3, 0.4) is 0 Å². The number of H-pyrrole nitrogens is 1. The van der Waals surface area contributed by atoms with E-state index in [2.05, 4.69) is 15.5 Å². The molecule has 3 aromatic rings. The Bertz CT molecular complexity index is 1080. The van der Waals surface area contributed by atoms with Crippen LogP contribution in [-0.4, -0.2) is 21.0 Å². The molecule has 144 valence electrons. The van der Waals surface area contributed by atoms with Crippen LogP contribution < -0.4 is 10.1 Å². The summed E-state index contributed by atoms with van der Waals surface area (Å²) < 4.78 is 6.56. The Hall–Kier alpha value is -2.95. The molecule has 1 amide bonds. The van der Waals surface area contributed by atoms with Gasteiger partial charge in [-0.1, -0.05) is 6.07 Å². The highest BCUT2D eigenvalue weighted by atomic mass is 127. The summed E-state index contributed by atoms with van der Waals surface area (Å²) in [6.45, 7) is 5.84. The third-order valence-corrected chi connectivity index (χ3v) is 4.99. The average molecular weight is 492 g/mol. The number of nitro benzene ring substituents is 1. The van der Waals surface area contributed by atoms with Crippen LogP contribution in [0.2, 0.25) is 0 Å². The predicted octanol–water partition coefficient (Wildman–Crippen LogP) is 4.89. The number of halogens is 1. The quantitative estimate of drug-likeness (QED) is 0.299. The van der Waals surface area contributed by atoms with E-state index in [0.29, 0.717) is 9.32 Å². The van der Waals surface area contributed by atoms with E-state index in [9.17, 15) is 14.9 Å². The van der Waals surface area contributed by atoms with Gasteiger partial charge in [0.1, 0.15) is 17.2 Å². The third kappa shape index (κ3) is 4.30. The largest absolute Gasteiger partial charge is 0.457 e. The van der Waals surface area contributed by atoms with Crippen molar-refractivity contribution in [2.75, 3.05) is 5.32 Å². The van der Waals surface area contributed by atoms with Crippen molar-refractivity contribution in [3.63, 3.8) is 0 Å². The van der Waals surface area contributed by atoms with E-state index < -0.39 is 10.8 Å². The molecule has 9 heteroatoms. The molecule has 2 N–H and O–H groups in total. The monoisotopic (exact) mass is 492 g/mol. The van der Waals surface area contributed by atoms with E-state index in [1.165, 1.54) is 18.3 Å². The van der Waals surface area contributed by atoms with Gasteiger partial charge in [0.05, 0.1) is 26.4 Å². The number of amides is 1. The number of nitro groups is 1. The number of carbonyl (C=O) groups is 1. The van der Waals surface area contributed by atoms with Gasteiger partial charge in [-0.25, -0.2) is 0 Å². The van der Waals surface area contributed by atoms with E-state index in [-0.39, 0.29) is 22.8 Å². The molecule has 0 saturated heterocycles. The maximum Gasteiger partial charge on any atom is 0.275 e. The van der Waals surface area contributed by atoms with Crippen molar-refractivity contribution in [1.82, 2.24) is 10.2 Å². The Morgan fingerprint density at radius 1 is 1.21 bits per heavy atom. The van der Waals surface area contributed by atoms with Gasteiger partial charge < -0.3 is 10.1 Å². The fraction of sp³-hybridized carbons (Fsp3) is 0.158. The minimum absolute atomic E-state index is 0.186. The normalized spacial score (nSPS) is 10.6. The first-order valence-electron chi connectivity index (χ1n) is 8.30. The zero-order chi connectivity index (χ0) is 20.4. The fourth-order valence-electron chi connectivity index (χ4n) is 2.68. The van der Waals surface area contributed by atoms with Gasteiger partial charge in [-0.2, -0.15) is 5.10 Å². The van der Waals surface area contributed by atoms with E-state index >= 15 is 0 Å². The molecule has 8 nitrogen and oxygen atoms in total. The van der Waals surface area contributed by atoms with Crippen LogP contribution in [0.4, 0.5) is 11.4 Å². The van der Waals surface area contributed by atoms with Crippen LogP contribution in [0.15, 0.2) is 36.5 Å². The lowest BCUT2D eigenvalue weighted by atomic mass is 10.1. The molecule has 0 saturated carbocycles. The van der Waals surface area contributed by atoms with Gasteiger partial charge in [0.2, 0.25) is 0 Å². The minimum Gasteiger partial charge on any atom is -0.457 e.